The smallest absolute Gasteiger partial charge is 0.277 e. The zero-order valence-electron chi connectivity index (χ0n) is 9.01. The summed E-state index contributed by atoms with van der Waals surface area (Å²) >= 11 is 0. The van der Waals surface area contributed by atoms with Crippen molar-refractivity contribution in [1.82, 2.24) is 25.2 Å². The number of carbonyl (C=O) groups excluding carboxylic acids is 1. The molecule has 7 heteroatoms. The van der Waals surface area contributed by atoms with Gasteiger partial charge in [-0.2, -0.15) is 20.5 Å². The standard InChI is InChI=1S/C9H12N6O/c1-6(2)15-5-7(3-11-15)12-9(16)8-4-10-14-13-8/h3-6H,1-2H3,(H,12,16)(H,10,13,14). The van der Waals surface area contributed by atoms with E-state index < -0.39 is 0 Å². The van der Waals surface area contributed by atoms with Gasteiger partial charge in [0, 0.05) is 12.2 Å². The number of rotatable bonds is 3. The number of nitrogens with zero attached hydrogens (tertiary/aromatic N) is 4. The lowest BCUT2D eigenvalue weighted by molar-refractivity contribution is 0.102. The number of aromatic nitrogens is 5. The number of aromatic amines is 1. The molecular formula is C9H12N6O. The summed E-state index contributed by atoms with van der Waals surface area (Å²) in [4.78, 5) is 11.6. The van der Waals surface area contributed by atoms with Gasteiger partial charge in [-0.1, -0.05) is 0 Å². The first-order valence-corrected chi connectivity index (χ1v) is 4.88. The Balaban J connectivity index is 2.07. The van der Waals surface area contributed by atoms with E-state index in [0.29, 0.717) is 5.69 Å². The minimum absolute atomic E-state index is 0.247. The van der Waals surface area contributed by atoms with Gasteiger partial charge in [0.1, 0.15) is 0 Å². The van der Waals surface area contributed by atoms with Gasteiger partial charge in [-0.15, -0.1) is 0 Å². The Kier molecular flexibility index (Phi) is 2.67. The Labute approximate surface area is 91.9 Å². The van der Waals surface area contributed by atoms with Crippen molar-refractivity contribution in [3.63, 3.8) is 0 Å². The Bertz CT molecular complexity index is 472. The molecule has 16 heavy (non-hydrogen) atoms. The fourth-order valence-electron chi connectivity index (χ4n) is 1.19. The van der Waals surface area contributed by atoms with Gasteiger partial charge in [0.15, 0.2) is 5.69 Å². The Hall–Kier alpha value is -2.18. The molecule has 0 aliphatic carbocycles. The number of nitrogens with one attached hydrogen (secondary N) is 2. The maximum absolute atomic E-state index is 11.6. The molecule has 0 aliphatic heterocycles. The molecule has 2 N–H and O–H groups in total. The third-order valence-electron chi connectivity index (χ3n) is 2.04. The highest BCUT2D eigenvalue weighted by Crippen LogP contribution is 2.10. The summed E-state index contributed by atoms with van der Waals surface area (Å²) in [6, 6.07) is 0.262. The molecule has 7 nitrogen and oxygen atoms in total. The highest BCUT2D eigenvalue weighted by atomic mass is 16.2. The Morgan fingerprint density at radius 1 is 1.50 bits per heavy atom. The molecule has 2 heterocycles. The molecule has 0 aromatic carbocycles. The highest BCUT2D eigenvalue weighted by Gasteiger charge is 2.10. The SMILES string of the molecule is CC(C)n1cc(NC(=O)c2cn[nH]n2)cn1. The fraction of sp³-hybridized carbons (Fsp3) is 0.333. The number of hydrogen-bond acceptors (Lipinski definition) is 4. The van der Waals surface area contributed by atoms with Gasteiger partial charge >= 0.3 is 0 Å². The molecule has 2 aromatic rings. The second-order valence-corrected chi connectivity index (χ2v) is 3.61. The van der Waals surface area contributed by atoms with Crippen LogP contribution in [0.5, 0.6) is 0 Å². The quantitative estimate of drug-likeness (QED) is 0.802. The van der Waals surface area contributed by atoms with Crippen molar-refractivity contribution in [2.24, 2.45) is 0 Å². The molecule has 0 fully saturated rings. The van der Waals surface area contributed by atoms with Crippen LogP contribution in [0.25, 0.3) is 0 Å². The molecule has 0 bridgehead atoms. The summed E-state index contributed by atoms with van der Waals surface area (Å²) in [7, 11) is 0. The van der Waals surface area contributed by atoms with Crippen LogP contribution < -0.4 is 5.32 Å². The van der Waals surface area contributed by atoms with Crippen molar-refractivity contribution in [2.75, 3.05) is 5.32 Å². The lowest BCUT2D eigenvalue weighted by atomic mass is 10.4. The van der Waals surface area contributed by atoms with Crippen LogP contribution in [-0.4, -0.2) is 31.1 Å². The zero-order valence-corrected chi connectivity index (χ0v) is 9.01. The summed E-state index contributed by atoms with van der Waals surface area (Å²) in [5, 5.41) is 16.4. The molecule has 2 rings (SSSR count). The van der Waals surface area contributed by atoms with Crippen LogP contribution in [0, 0.1) is 0 Å². The maximum Gasteiger partial charge on any atom is 0.277 e. The molecule has 0 saturated heterocycles. The highest BCUT2D eigenvalue weighted by molar-refractivity contribution is 6.02. The molecule has 0 atom stereocenters. The van der Waals surface area contributed by atoms with Crippen molar-refractivity contribution < 1.29 is 4.79 Å². The molecule has 0 aliphatic rings. The molecule has 0 spiro atoms. The Morgan fingerprint density at radius 3 is 2.88 bits per heavy atom. The number of H-pyrrole nitrogens is 1. The monoisotopic (exact) mass is 220 g/mol. The van der Waals surface area contributed by atoms with Gasteiger partial charge in [-0.25, -0.2) is 0 Å². The van der Waals surface area contributed by atoms with Crippen LogP contribution in [0.2, 0.25) is 0 Å². The normalized spacial score (nSPS) is 10.7. The summed E-state index contributed by atoms with van der Waals surface area (Å²) in [6.07, 6.45) is 4.73. The lowest BCUT2D eigenvalue weighted by Crippen LogP contribution is -2.11. The van der Waals surface area contributed by atoms with E-state index in [-0.39, 0.29) is 17.6 Å². The summed E-state index contributed by atoms with van der Waals surface area (Å²) in [5.41, 5.74) is 0.888. The fourth-order valence-corrected chi connectivity index (χ4v) is 1.19. The van der Waals surface area contributed by atoms with E-state index in [1.807, 2.05) is 13.8 Å². The summed E-state index contributed by atoms with van der Waals surface area (Å²) < 4.78 is 1.76. The van der Waals surface area contributed by atoms with Crippen LogP contribution in [0.15, 0.2) is 18.6 Å². The second-order valence-electron chi connectivity index (χ2n) is 3.61. The van der Waals surface area contributed by atoms with Gasteiger partial charge in [0.05, 0.1) is 18.1 Å². The van der Waals surface area contributed by atoms with Crippen LogP contribution in [0.4, 0.5) is 5.69 Å². The van der Waals surface area contributed by atoms with Crippen LogP contribution in [-0.2, 0) is 0 Å². The number of hydrogen-bond donors (Lipinski definition) is 2. The average molecular weight is 220 g/mol. The molecular weight excluding hydrogens is 208 g/mol. The van der Waals surface area contributed by atoms with E-state index in [1.165, 1.54) is 6.20 Å². The molecule has 1 amide bonds. The first kappa shape index (κ1) is 10.3. The predicted octanol–water partition coefficient (Wildman–Crippen LogP) is 0.834. The summed E-state index contributed by atoms with van der Waals surface area (Å²) in [5.74, 6) is -0.308. The number of amides is 1. The van der Waals surface area contributed by atoms with E-state index >= 15 is 0 Å². The van der Waals surface area contributed by atoms with Crippen LogP contribution >= 0.6 is 0 Å². The van der Waals surface area contributed by atoms with Crippen molar-refractivity contribution >= 4 is 11.6 Å². The second kappa shape index (κ2) is 4.13. The van der Waals surface area contributed by atoms with Gasteiger partial charge in [0.25, 0.3) is 5.91 Å². The van der Waals surface area contributed by atoms with Crippen LogP contribution in [0.3, 0.4) is 0 Å². The van der Waals surface area contributed by atoms with E-state index in [0.717, 1.165) is 0 Å². The van der Waals surface area contributed by atoms with E-state index in [2.05, 4.69) is 25.8 Å². The predicted molar refractivity (Wildman–Crippen MR) is 56.9 cm³/mol. The lowest BCUT2D eigenvalue weighted by Gasteiger charge is -2.03. The zero-order chi connectivity index (χ0) is 11.5. The largest absolute Gasteiger partial charge is 0.318 e. The first-order chi connectivity index (χ1) is 7.66. The van der Waals surface area contributed by atoms with Crippen molar-refractivity contribution in [2.45, 2.75) is 19.9 Å². The van der Waals surface area contributed by atoms with Gasteiger partial charge in [-0.3, -0.25) is 9.48 Å². The van der Waals surface area contributed by atoms with Crippen molar-refractivity contribution in [3.05, 3.63) is 24.3 Å². The molecule has 2 aromatic heterocycles. The molecule has 84 valence electrons. The minimum Gasteiger partial charge on any atom is -0.318 e. The maximum atomic E-state index is 11.6. The van der Waals surface area contributed by atoms with E-state index in [9.17, 15) is 4.79 Å². The molecule has 0 saturated carbocycles. The number of carbonyl (C=O) groups is 1. The van der Waals surface area contributed by atoms with E-state index in [4.69, 9.17) is 0 Å². The van der Waals surface area contributed by atoms with Gasteiger partial charge in [-0.05, 0) is 13.8 Å². The first-order valence-electron chi connectivity index (χ1n) is 4.88. The third-order valence-corrected chi connectivity index (χ3v) is 2.04. The van der Waals surface area contributed by atoms with Gasteiger partial charge < -0.3 is 5.32 Å². The third kappa shape index (κ3) is 2.08. The van der Waals surface area contributed by atoms with Crippen molar-refractivity contribution in [1.29, 1.82) is 0 Å². The molecule has 0 unspecified atom stereocenters. The average Bonchev–Trinajstić information content (AvgIpc) is 2.87. The van der Waals surface area contributed by atoms with E-state index in [1.54, 1.807) is 17.1 Å². The topological polar surface area (TPSA) is 88.5 Å². The van der Waals surface area contributed by atoms with Crippen LogP contribution in [0.1, 0.15) is 30.4 Å². The molecule has 0 radical (unpaired) electrons. The summed E-state index contributed by atoms with van der Waals surface area (Å²) in [6.45, 7) is 4.02. The van der Waals surface area contributed by atoms with Crippen molar-refractivity contribution in [3.8, 4) is 0 Å². The Morgan fingerprint density at radius 2 is 2.31 bits per heavy atom. The number of anilines is 1. The minimum atomic E-state index is -0.308. The van der Waals surface area contributed by atoms with Gasteiger partial charge in [0.2, 0.25) is 0 Å².